The Balaban J connectivity index is 1.60. The lowest BCUT2D eigenvalue weighted by Gasteiger charge is -2.11. The number of anilines is 2. The number of carbonyl (C=O) groups excluding carboxylic acids is 1. The molecule has 0 fully saturated rings. The van der Waals surface area contributed by atoms with E-state index in [1.54, 1.807) is 31.2 Å². The average molecular weight is 455 g/mol. The van der Waals surface area contributed by atoms with Gasteiger partial charge in [0.05, 0.1) is 15.5 Å². The topological polar surface area (TPSA) is 128 Å². The summed E-state index contributed by atoms with van der Waals surface area (Å²) in [6.45, 7) is 3.22. The van der Waals surface area contributed by atoms with Crippen LogP contribution in [0.1, 0.15) is 11.1 Å². The van der Waals surface area contributed by atoms with Gasteiger partial charge in [-0.05, 0) is 61.4 Å². The molecule has 0 spiro atoms. The van der Waals surface area contributed by atoms with Crippen molar-refractivity contribution in [2.24, 2.45) is 0 Å². The number of non-ortho nitro benzene ring substituents is 1. The van der Waals surface area contributed by atoms with E-state index in [2.05, 4.69) is 10.0 Å². The largest absolute Gasteiger partial charge is 0.484 e. The van der Waals surface area contributed by atoms with E-state index < -0.39 is 20.9 Å². The molecule has 0 aliphatic rings. The number of rotatable bonds is 8. The van der Waals surface area contributed by atoms with Gasteiger partial charge in [-0.25, -0.2) is 8.42 Å². The van der Waals surface area contributed by atoms with Crippen molar-refractivity contribution >= 4 is 33.0 Å². The highest BCUT2D eigenvalue weighted by Crippen LogP contribution is 2.22. The summed E-state index contributed by atoms with van der Waals surface area (Å²) < 4.78 is 33.0. The van der Waals surface area contributed by atoms with Crippen LogP contribution in [0.3, 0.4) is 0 Å². The monoisotopic (exact) mass is 455 g/mol. The van der Waals surface area contributed by atoms with Crippen LogP contribution >= 0.6 is 0 Å². The molecule has 32 heavy (non-hydrogen) atoms. The molecule has 0 saturated carbocycles. The van der Waals surface area contributed by atoms with Crippen LogP contribution in [0.4, 0.5) is 17.1 Å². The van der Waals surface area contributed by atoms with Crippen LogP contribution in [-0.2, 0) is 14.8 Å². The zero-order valence-corrected chi connectivity index (χ0v) is 18.2. The third-order valence-corrected chi connectivity index (χ3v) is 5.88. The third kappa shape index (κ3) is 5.82. The quantitative estimate of drug-likeness (QED) is 0.390. The second-order valence-electron chi connectivity index (χ2n) is 7.04. The number of hydrogen-bond acceptors (Lipinski definition) is 6. The second-order valence-corrected chi connectivity index (χ2v) is 8.72. The first-order valence-corrected chi connectivity index (χ1v) is 11.0. The molecule has 1 amide bonds. The number of sulfonamides is 1. The molecule has 2 N–H and O–H groups in total. The van der Waals surface area contributed by atoms with E-state index in [-0.39, 0.29) is 17.2 Å². The Morgan fingerprint density at radius 3 is 2.41 bits per heavy atom. The first kappa shape index (κ1) is 22.8. The SMILES string of the molecule is Cc1cccc(NS(=O)(=O)c2ccc(OCC(=O)Nc3cc([N+](=O)[O-])ccc3C)cc2)c1. The molecule has 0 unspecified atom stereocenters. The molecular formula is C22H21N3O6S. The summed E-state index contributed by atoms with van der Waals surface area (Å²) in [6, 6.07) is 16.8. The third-order valence-electron chi connectivity index (χ3n) is 4.48. The molecule has 0 aromatic heterocycles. The first-order valence-electron chi connectivity index (χ1n) is 9.51. The fourth-order valence-electron chi connectivity index (χ4n) is 2.83. The highest BCUT2D eigenvalue weighted by atomic mass is 32.2. The molecule has 0 heterocycles. The van der Waals surface area contributed by atoms with E-state index in [0.717, 1.165) is 5.56 Å². The highest BCUT2D eigenvalue weighted by molar-refractivity contribution is 7.92. The summed E-state index contributed by atoms with van der Waals surface area (Å²) in [7, 11) is -3.77. The van der Waals surface area contributed by atoms with Gasteiger partial charge in [-0.2, -0.15) is 0 Å². The van der Waals surface area contributed by atoms with Gasteiger partial charge in [0.1, 0.15) is 5.75 Å². The molecule has 0 radical (unpaired) electrons. The van der Waals surface area contributed by atoms with E-state index in [1.165, 1.54) is 36.4 Å². The van der Waals surface area contributed by atoms with Gasteiger partial charge in [0.25, 0.3) is 21.6 Å². The first-order chi connectivity index (χ1) is 15.1. The van der Waals surface area contributed by atoms with E-state index in [0.29, 0.717) is 22.7 Å². The Hall–Kier alpha value is -3.92. The summed E-state index contributed by atoms with van der Waals surface area (Å²) in [5.41, 5.74) is 2.23. The zero-order valence-electron chi connectivity index (χ0n) is 17.4. The van der Waals surface area contributed by atoms with Gasteiger partial charge >= 0.3 is 0 Å². The van der Waals surface area contributed by atoms with Crippen molar-refractivity contribution in [1.82, 2.24) is 0 Å². The van der Waals surface area contributed by atoms with Gasteiger partial charge in [-0.15, -0.1) is 0 Å². The number of amides is 1. The number of carbonyl (C=O) groups is 1. The summed E-state index contributed by atoms with van der Waals surface area (Å²) in [4.78, 5) is 22.6. The normalized spacial score (nSPS) is 10.9. The summed E-state index contributed by atoms with van der Waals surface area (Å²) in [6.07, 6.45) is 0. The maximum absolute atomic E-state index is 12.5. The van der Waals surface area contributed by atoms with Crippen molar-refractivity contribution in [3.8, 4) is 5.75 Å². The van der Waals surface area contributed by atoms with E-state index in [9.17, 15) is 23.3 Å². The van der Waals surface area contributed by atoms with Crippen LogP contribution in [-0.4, -0.2) is 25.9 Å². The van der Waals surface area contributed by atoms with Crippen molar-refractivity contribution in [3.05, 3.63) is 88.0 Å². The van der Waals surface area contributed by atoms with E-state index in [1.807, 2.05) is 13.0 Å². The van der Waals surface area contributed by atoms with Gasteiger partial charge in [-0.3, -0.25) is 19.6 Å². The number of ether oxygens (including phenoxy) is 1. The molecule has 0 atom stereocenters. The predicted octanol–water partition coefficient (Wildman–Crippen LogP) is 4.03. The Morgan fingerprint density at radius 2 is 1.75 bits per heavy atom. The van der Waals surface area contributed by atoms with Crippen LogP contribution in [0.5, 0.6) is 5.75 Å². The minimum Gasteiger partial charge on any atom is -0.484 e. The Bertz CT molecular complexity index is 1260. The van der Waals surface area contributed by atoms with Crippen LogP contribution in [0, 0.1) is 24.0 Å². The van der Waals surface area contributed by atoms with Crippen molar-refractivity contribution in [1.29, 1.82) is 0 Å². The molecule has 0 saturated heterocycles. The molecule has 3 aromatic carbocycles. The molecule has 3 aromatic rings. The lowest BCUT2D eigenvalue weighted by atomic mass is 10.2. The van der Waals surface area contributed by atoms with Crippen molar-refractivity contribution in [3.63, 3.8) is 0 Å². The highest BCUT2D eigenvalue weighted by Gasteiger charge is 2.15. The Labute approximate surface area is 185 Å². The molecule has 166 valence electrons. The number of aryl methyl sites for hydroxylation is 2. The Morgan fingerprint density at radius 1 is 1.03 bits per heavy atom. The number of nitro benzene ring substituents is 1. The molecule has 3 rings (SSSR count). The van der Waals surface area contributed by atoms with E-state index >= 15 is 0 Å². The van der Waals surface area contributed by atoms with Gasteiger partial charge in [0.15, 0.2) is 6.61 Å². The smallest absolute Gasteiger partial charge is 0.271 e. The van der Waals surface area contributed by atoms with Crippen LogP contribution in [0.2, 0.25) is 0 Å². The van der Waals surface area contributed by atoms with Gasteiger partial charge in [0, 0.05) is 17.8 Å². The standard InChI is InChI=1S/C22H21N3O6S/c1-15-4-3-5-17(12-15)24-32(29,30)20-10-8-19(9-11-20)31-14-22(26)23-21-13-18(25(27)28)7-6-16(21)2/h3-13,24H,14H2,1-2H3,(H,23,26). The fraction of sp³-hybridized carbons (Fsp3) is 0.136. The maximum Gasteiger partial charge on any atom is 0.271 e. The van der Waals surface area contributed by atoms with Crippen LogP contribution in [0.25, 0.3) is 0 Å². The summed E-state index contributed by atoms with van der Waals surface area (Å²) in [5.74, 6) is -0.211. The van der Waals surface area contributed by atoms with Gasteiger partial charge in [-0.1, -0.05) is 18.2 Å². The minimum absolute atomic E-state index is 0.0445. The van der Waals surface area contributed by atoms with Crippen molar-refractivity contribution in [2.45, 2.75) is 18.7 Å². The fourth-order valence-corrected chi connectivity index (χ4v) is 3.88. The lowest BCUT2D eigenvalue weighted by Crippen LogP contribution is -2.20. The van der Waals surface area contributed by atoms with Crippen molar-refractivity contribution < 1.29 is 22.9 Å². The molecule has 0 aliphatic carbocycles. The minimum atomic E-state index is -3.77. The van der Waals surface area contributed by atoms with Crippen molar-refractivity contribution in [2.75, 3.05) is 16.6 Å². The number of benzene rings is 3. The predicted molar refractivity (Wildman–Crippen MR) is 120 cm³/mol. The van der Waals surface area contributed by atoms with E-state index in [4.69, 9.17) is 4.74 Å². The molecule has 0 bridgehead atoms. The van der Waals surface area contributed by atoms with Crippen LogP contribution in [0.15, 0.2) is 71.6 Å². The average Bonchev–Trinajstić information content (AvgIpc) is 2.73. The number of nitrogens with zero attached hydrogens (tertiary/aromatic N) is 1. The Kier molecular flexibility index (Phi) is 6.74. The lowest BCUT2D eigenvalue weighted by molar-refractivity contribution is -0.384. The number of nitrogens with one attached hydrogen (secondary N) is 2. The van der Waals surface area contributed by atoms with Gasteiger partial charge in [0.2, 0.25) is 0 Å². The number of hydrogen-bond donors (Lipinski definition) is 2. The molecular weight excluding hydrogens is 434 g/mol. The second kappa shape index (κ2) is 9.48. The summed E-state index contributed by atoms with van der Waals surface area (Å²) in [5, 5.41) is 13.5. The molecule has 0 aliphatic heterocycles. The maximum atomic E-state index is 12.5. The van der Waals surface area contributed by atoms with Gasteiger partial charge < -0.3 is 10.1 Å². The molecule has 9 nitrogen and oxygen atoms in total. The molecule has 10 heteroatoms. The number of nitro groups is 1. The zero-order chi connectivity index (χ0) is 23.3. The summed E-state index contributed by atoms with van der Waals surface area (Å²) >= 11 is 0. The van der Waals surface area contributed by atoms with Crippen LogP contribution < -0.4 is 14.8 Å².